The Morgan fingerprint density at radius 1 is 1.33 bits per heavy atom. The first-order valence-corrected chi connectivity index (χ1v) is 5.48. The smallest absolute Gasteiger partial charge is 0.134 e. The van der Waals surface area contributed by atoms with Crippen LogP contribution in [-0.2, 0) is 6.54 Å². The SMILES string of the molecule is Oc1ccc(CN2CC=CCC2)cc1Cl. The average molecular weight is 224 g/mol. The highest BCUT2D eigenvalue weighted by Gasteiger charge is 2.07. The first kappa shape index (κ1) is 10.5. The molecule has 0 radical (unpaired) electrons. The first-order valence-electron chi connectivity index (χ1n) is 5.10. The maximum absolute atomic E-state index is 9.29. The fraction of sp³-hybridized carbons (Fsp3) is 0.333. The Balaban J connectivity index is 2.04. The van der Waals surface area contributed by atoms with Gasteiger partial charge in [-0.15, -0.1) is 0 Å². The van der Waals surface area contributed by atoms with Crippen molar-refractivity contribution in [2.45, 2.75) is 13.0 Å². The van der Waals surface area contributed by atoms with Crippen LogP contribution in [0, 0.1) is 0 Å². The molecule has 1 N–H and O–H groups in total. The average Bonchev–Trinajstić information content (AvgIpc) is 2.25. The Bertz CT molecular complexity index is 376. The van der Waals surface area contributed by atoms with E-state index in [-0.39, 0.29) is 5.75 Å². The quantitative estimate of drug-likeness (QED) is 0.780. The summed E-state index contributed by atoms with van der Waals surface area (Å²) in [5.41, 5.74) is 1.15. The monoisotopic (exact) mass is 223 g/mol. The van der Waals surface area contributed by atoms with Gasteiger partial charge in [-0.3, -0.25) is 4.90 Å². The summed E-state index contributed by atoms with van der Waals surface area (Å²) >= 11 is 5.85. The molecule has 1 aromatic rings. The molecule has 80 valence electrons. The topological polar surface area (TPSA) is 23.5 Å². The Morgan fingerprint density at radius 2 is 2.20 bits per heavy atom. The summed E-state index contributed by atoms with van der Waals surface area (Å²) in [7, 11) is 0. The van der Waals surface area contributed by atoms with Crippen LogP contribution in [0.3, 0.4) is 0 Å². The highest BCUT2D eigenvalue weighted by atomic mass is 35.5. The third-order valence-corrected chi connectivity index (χ3v) is 2.86. The van der Waals surface area contributed by atoms with Crippen molar-refractivity contribution in [3.8, 4) is 5.75 Å². The molecule has 0 spiro atoms. The van der Waals surface area contributed by atoms with Crippen LogP contribution >= 0.6 is 11.6 Å². The Hall–Kier alpha value is -0.990. The zero-order valence-electron chi connectivity index (χ0n) is 8.49. The summed E-state index contributed by atoms with van der Waals surface area (Å²) in [6.45, 7) is 2.98. The van der Waals surface area contributed by atoms with Crippen molar-refractivity contribution in [1.29, 1.82) is 0 Å². The molecule has 0 saturated carbocycles. The molecule has 15 heavy (non-hydrogen) atoms. The molecular formula is C12H14ClNO. The molecule has 0 bridgehead atoms. The lowest BCUT2D eigenvalue weighted by molar-refractivity contribution is 0.290. The van der Waals surface area contributed by atoms with E-state index in [0.29, 0.717) is 5.02 Å². The molecule has 2 rings (SSSR count). The molecule has 0 atom stereocenters. The van der Waals surface area contributed by atoms with Gasteiger partial charge in [0.15, 0.2) is 0 Å². The molecule has 0 saturated heterocycles. The largest absolute Gasteiger partial charge is 0.506 e. The predicted molar refractivity (Wildman–Crippen MR) is 62.2 cm³/mol. The van der Waals surface area contributed by atoms with Crippen molar-refractivity contribution >= 4 is 11.6 Å². The van der Waals surface area contributed by atoms with Crippen molar-refractivity contribution in [1.82, 2.24) is 4.90 Å². The van der Waals surface area contributed by atoms with Crippen molar-refractivity contribution in [2.75, 3.05) is 13.1 Å². The molecule has 0 unspecified atom stereocenters. The van der Waals surface area contributed by atoms with Gasteiger partial charge in [-0.2, -0.15) is 0 Å². The number of halogens is 1. The lowest BCUT2D eigenvalue weighted by atomic mass is 10.1. The van der Waals surface area contributed by atoms with Crippen LogP contribution in [0.1, 0.15) is 12.0 Å². The molecule has 0 amide bonds. The normalized spacial score (nSPS) is 16.9. The van der Waals surface area contributed by atoms with Crippen molar-refractivity contribution in [3.05, 3.63) is 40.9 Å². The molecular weight excluding hydrogens is 210 g/mol. The summed E-state index contributed by atoms with van der Waals surface area (Å²) in [5, 5.41) is 9.72. The highest BCUT2D eigenvalue weighted by molar-refractivity contribution is 6.32. The molecule has 1 aliphatic rings. The number of benzene rings is 1. The van der Waals surface area contributed by atoms with Crippen LogP contribution in [0.25, 0.3) is 0 Å². The van der Waals surface area contributed by atoms with Crippen LogP contribution in [0.4, 0.5) is 0 Å². The van der Waals surface area contributed by atoms with E-state index in [1.165, 1.54) is 0 Å². The third kappa shape index (κ3) is 2.74. The minimum atomic E-state index is 0.152. The van der Waals surface area contributed by atoms with Gasteiger partial charge in [0, 0.05) is 19.6 Å². The van der Waals surface area contributed by atoms with Crippen LogP contribution < -0.4 is 0 Å². The standard InChI is InChI=1S/C12H14ClNO/c13-11-8-10(4-5-12(11)15)9-14-6-2-1-3-7-14/h1-2,4-5,8,15H,3,6-7,9H2. The predicted octanol–water partition coefficient (Wildman–Crippen LogP) is 2.81. The lowest BCUT2D eigenvalue weighted by Gasteiger charge is -2.23. The number of aromatic hydroxyl groups is 1. The van der Waals surface area contributed by atoms with Gasteiger partial charge in [-0.1, -0.05) is 29.8 Å². The zero-order chi connectivity index (χ0) is 10.7. The first-order chi connectivity index (χ1) is 7.25. The summed E-state index contributed by atoms with van der Waals surface area (Å²) in [6, 6.07) is 5.40. The molecule has 1 aromatic carbocycles. The van der Waals surface area contributed by atoms with E-state index in [2.05, 4.69) is 17.1 Å². The number of nitrogens with zero attached hydrogens (tertiary/aromatic N) is 1. The summed E-state index contributed by atoms with van der Waals surface area (Å²) in [5.74, 6) is 0.152. The second-order valence-corrected chi connectivity index (χ2v) is 4.19. The minimum absolute atomic E-state index is 0.152. The molecule has 1 aliphatic heterocycles. The van der Waals surface area contributed by atoms with Gasteiger partial charge >= 0.3 is 0 Å². The number of phenols is 1. The van der Waals surface area contributed by atoms with E-state index in [4.69, 9.17) is 11.6 Å². The van der Waals surface area contributed by atoms with Crippen molar-refractivity contribution in [2.24, 2.45) is 0 Å². The minimum Gasteiger partial charge on any atom is -0.506 e. The van der Waals surface area contributed by atoms with Gasteiger partial charge in [-0.05, 0) is 24.1 Å². The van der Waals surface area contributed by atoms with Crippen LogP contribution in [-0.4, -0.2) is 23.1 Å². The number of phenolic OH excluding ortho intramolecular Hbond substituents is 1. The number of rotatable bonds is 2. The van der Waals surface area contributed by atoms with Crippen molar-refractivity contribution < 1.29 is 5.11 Å². The second kappa shape index (κ2) is 4.69. The van der Waals surface area contributed by atoms with E-state index in [1.807, 2.05) is 12.1 Å². The number of hydrogen-bond donors (Lipinski definition) is 1. The maximum atomic E-state index is 9.29. The van der Waals surface area contributed by atoms with Gasteiger partial charge < -0.3 is 5.11 Å². The van der Waals surface area contributed by atoms with Crippen molar-refractivity contribution in [3.63, 3.8) is 0 Å². The maximum Gasteiger partial charge on any atom is 0.134 e. The van der Waals surface area contributed by atoms with Gasteiger partial charge in [-0.25, -0.2) is 0 Å². The van der Waals surface area contributed by atoms with Crippen LogP contribution in [0.5, 0.6) is 5.75 Å². The van der Waals surface area contributed by atoms with E-state index in [1.54, 1.807) is 6.07 Å². The van der Waals surface area contributed by atoms with E-state index < -0.39 is 0 Å². The fourth-order valence-electron chi connectivity index (χ4n) is 1.74. The van der Waals surface area contributed by atoms with Crippen LogP contribution in [0.15, 0.2) is 30.4 Å². The molecule has 2 nitrogen and oxygen atoms in total. The third-order valence-electron chi connectivity index (χ3n) is 2.56. The molecule has 3 heteroatoms. The van der Waals surface area contributed by atoms with E-state index in [9.17, 15) is 5.11 Å². The van der Waals surface area contributed by atoms with E-state index >= 15 is 0 Å². The Labute approximate surface area is 94.8 Å². The lowest BCUT2D eigenvalue weighted by Crippen LogP contribution is -2.26. The van der Waals surface area contributed by atoms with Gasteiger partial charge in [0.1, 0.15) is 5.75 Å². The summed E-state index contributed by atoms with van der Waals surface area (Å²) < 4.78 is 0. The van der Waals surface area contributed by atoms with Gasteiger partial charge in [0.25, 0.3) is 0 Å². The summed E-state index contributed by atoms with van der Waals surface area (Å²) in [6.07, 6.45) is 5.51. The fourth-order valence-corrected chi connectivity index (χ4v) is 1.94. The van der Waals surface area contributed by atoms with E-state index in [0.717, 1.165) is 31.6 Å². The Morgan fingerprint density at radius 3 is 2.87 bits per heavy atom. The molecule has 0 aromatic heterocycles. The van der Waals surface area contributed by atoms with Crippen LogP contribution in [0.2, 0.25) is 5.02 Å². The van der Waals surface area contributed by atoms with Gasteiger partial charge in [0.05, 0.1) is 5.02 Å². The molecule has 1 heterocycles. The molecule has 0 aliphatic carbocycles. The summed E-state index contributed by atoms with van der Waals surface area (Å²) in [4.78, 5) is 2.35. The second-order valence-electron chi connectivity index (χ2n) is 3.78. The van der Waals surface area contributed by atoms with Gasteiger partial charge in [0.2, 0.25) is 0 Å². The molecule has 0 fully saturated rings. The number of hydrogen-bond acceptors (Lipinski definition) is 2. The Kier molecular flexibility index (Phi) is 3.29. The zero-order valence-corrected chi connectivity index (χ0v) is 9.24. The highest BCUT2D eigenvalue weighted by Crippen LogP contribution is 2.24.